The van der Waals surface area contributed by atoms with Crippen molar-refractivity contribution in [2.75, 3.05) is 26.4 Å². The Bertz CT molecular complexity index is 1840. The molecule has 0 unspecified atom stereocenters. The third kappa shape index (κ3) is 10.9. The molecule has 5 rings (SSSR count). The van der Waals surface area contributed by atoms with E-state index in [1.165, 1.54) is 5.01 Å². The van der Waals surface area contributed by atoms with Gasteiger partial charge in [-0.25, -0.2) is 14.6 Å². The number of aliphatic hydroxyl groups excluding tert-OH is 1. The predicted octanol–water partition coefficient (Wildman–Crippen LogP) is 4.08. The standard InChI is InChI=1S/C41H55N7O8/c1-7-26(2)35(48-19-18-46(40(48)54)23-30-15-11-12-27(3)42-30)37(50)43-31(20-28-13-9-8-10-14-28)32(49)24-47(22-29-16-17-33-34(21-29)56-25-55-33)45-38(51)36(41(4,5)6)44-39(52)53/h8-17,21,26,31-32,35-36,44,49H,7,18-20,22-25H2,1-6H3,(H,43,50)(H,45,51)(H,52,53)/t26-,31-,32-,35-,36+/m0/s1. The predicted molar refractivity (Wildman–Crippen MR) is 208 cm³/mol. The molecule has 5 amide bonds. The van der Waals surface area contributed by atoms with E-state index in [0.29, 0.717) is 37.6 Å². The van der Waals surface area contributed by atoms with Crippen LogP contribution in [0.2, 0.25) is 0 Å². The summed E-state index contributed by atoms with van der Waals surface area (Å²) in [6.07, 6.45) is -1.72. The maximum atomic E-state index is 14.4. The molecule has 1 fully saturated rings. The maximum absolute atomic E-state index is 14.4. The van der Waals surface area contributed by atoms with Gasteiger partial charge in [0.15, 0.2) is 11.5 Å². The Hall–Kier alpha value is -5.41. The van der Waals surface area contributed by atoms with Crippen molar-refractivity contribution in [1.82, 2.24) is 35.9 Å². The summed E-state index contributed by atoms with van der Waals surface area (Å²) in [7, 11) is 0. The van der Waals surface area contributed by atoms with E-state index >= 15 is 0 Å². The second kappa shape index (κ2) is 18.5. The van der Waals surface area contributed by atoms with Crippen molar-refractivity contribution in [2.45, 2.75) is 91.7 Å². The van der Waals surface area contributed by atoms with Crippen molar-refractivity contribution >= 4 is 23.9 Å². The molecule has 1 aromatic heterocycles. The number of fused-ring (bicyclic) bond motifs is 1. The molecule has 1 saturated heterocycles. The number of rotatable bonds is 17. The molecule has 0 bridgehead atoms. The second-order valence-electron chi connectivity index (χ2n) is 15.7. The molecule has 3 heterocycles. The van der Waals surface area contributed by atoms with Gasteiger partial charge in [-0.05, 0) is 60.1 Å². The van der Waals surface area contributed by atoms with E-state index in [1.54, 1.807) is 48.8 Å². The zero-order chi connectivity index (χ0) is 40.6. The summed E-state index contributed by atoms with van der Waals surface area (Å²) >= 11 is 0. The first-order valence-corrected chi connectivity index (χ1v) is 19.1. The third-order valence-electron chi connectivity index (χ3n) is 10.2. The molecule has 2 aromatic carbocycles. The van der Waals surface area contributed by atoms with Crippen molar-refractivity contribution in [3.63, 3.8) is 0 Å². The third-order valence-corrected chi connectivity index (χ3v) is 10.2. The van der Waals surface area contributed by atoms with E-state index in [2.05, 4.69) is 21.0 Å². The summed E-state index contributed by atoms with van der Waals surface area (Å²) in [6, 6.07) is 17.4. The number of pyridine rings is 1. The Morgan fingerprint density at radius 3 is 2.36 bits per heavy atom. The van der Waals surface area contributed by atoms with Gasteiger partial charge in [0.1, 0.15) is 12.1 Å². The molecule has 0 spiro atoms. The first kappa shape index (κ1) is 41.7. The van der Waals surface area contributed by atoms with Crippen LogP contribution in [0, 0.1) is 18.3 Å². The number of aromatic nitrogens is 1. The summed E-state index contributed by atoms with van der Waals surface area (Å²) < 4.78 is 11.0. The molecule has 5 atom stereocenters. The van der Waals surface area contributed by atoms with Gasteiger partial charge in [0.2, 0.25) is 12.7 Å². The van der Waals surface area contributed by atoms with Crippen molar-refractivity contribution in [3.05, 3.63) is 89.2 Å². The van der Waals surface area contributed by atoms with Crippen molar-refractivity contribution in [1.29, 1.82) is 0 Å². The average molecular weight is 774 g/mol. The van der Waals surface area contributed by atoms with Gasteiger partial charge in [0.25, 0.3) is 5.91 Å². The summed E-state index contributed by atoms with van der Waals surface area (Å²) in [5.74, 6) is -0.108. The highest BCUT2D eigenvalue weighted by Crippen LogP contribution is 2.33. The zero-order valence-corrected chi connectivity index (χ0v) is 33.0. The molecule has 2 aliphatic heterocycles. The molecule has 5 N–H and O–H groups in total. The molecule has 0 saturated carbocycles. The van der Waals surface area contributed by atoms with Crippen LogP contribution in [0.4, 0.5) is 9.59 Å². The zero-order valence-electron chi connectivity index (χ0n) is 33.0. The number of nitrogens with zero attached hydrogens (tertiary/aromatic N) is 4. The van der Waals surface area contributed by atoms with Gasteiger partial charge in [-0.3, -0.25) is 20.0 Å². The van der Waals surface area contributed by atoms with E-state index in [0.717, 1.165) is 22.5 Å². The summed E-state index contributed by atoms with van der Waals surface area (Å²) in [6.45, 7) is 12.2. The van der Waals surface area contributed by atoms with E-state index in [-0.39, 0.29) is 38.3 Å². The minimum atomic E-state index is -1.35. The second-order valence-corrected chi connectivity index (χ2v) is 15.7. The molecule has 2 aliphatic rings. The SMILES string of the molecule is CC[C@H](C)[C@@H](C(=O)N[C@@H](Cc1ccccc1)[C@@H](O)CN(Cc1ccc2c(c1)OCO2)NC(=O)[C@@H](NC(=O)O)C(C)(C)C)N1CCN(Cc2cccc(C)n2)C1=O. The van der Waals surface area contributed by atoms with Gasteiger partial charge >= 0.3 is 12.1 Å². The fourth-order valence-electron chi connectivity index (χ4n) is 7.02. The fourth-order valence-corrected chi connectivity index (χ4v) is 7.02. The number of aliphatic hydroxyl groups is 1. The number of nitrogens with one attached hydrogen (secondary N) is 3. The lowest BCUT2D eigenvalue weighted by Crippen LogP contribution is -2.60. The summed E-state index contributed by atoms with van der Waals surface area (Å²) in [5, 5.41) is 28.5. The number of carbonyl (C=O) groups excluding carboxylic acids is 3. The number of carbonyl (C=O) groups is 4. The summed E-state index contributed by atoms with van der Waals surface area (Å²) in [4.78, 5) is 61.6. The van der Waals surface area contributed by atoms with Gasteiger partial charge in [-0.15, -0.1) is 0 Å². The molecular formula is C41H55N7O8. The average Bonchev–Trinajstić information content (AvgIpc) is 3.76. The van der Waals surface area contributed by atoms with Crippen LogP contribution in [-0.4, -0.2) is 105 Å². The first-order chi connectivity index (χ1) is 26.6. The van der Waals surface area contributed by atoms with E-state index in [4.69, 9.17) is 9.47 Å². The van der Waals surface area contributed by atoms with Crippen LogP contribution in [0.25, 0.3) is 0 Å². The molecule has 0 radical (unpaired) electrons. The highest BCUT2D eigenvalue weighted by Gasteiger charge is 2.41. The Kier molecular flexibility index (Phi) is 13.8. The largest absolute Gasteiger partial charge is 0.465 e. The highest BCUT2D eigenvalue weighted by atomic mass is 16.7. The van der Waals surface area contributed by atoms with E-state index < -0.39 is 47.6 Å². The van der Waals surface area contributed by atoms with Crippen LogP contribution in [0.5, 0.6) is 11.5 Å². The van der Waals surface area contributed by atoms with Gasteiger partial charge < -0.3 is 40.1 Å². The molecule has 15 nitrogen and oxygen atoms in total. The van der Waals surface area contributed by atoms with Gasteiger partial charge in [0.05, 0.1) is 24.4 Å². The van der Waals surface area contributed by atoms with Crippen molar-refractivity contribution < 1.29 is 38.9 Å². The van der Waals surface area contributed by atoms with Crippen LogP contribution in [-0.2, 0) is 29.1 Å². The number of carboxylic acid groups (broad SMARTS) is 1. The smallest absolute Gasteiger partial charge is 0.405 e. The van der Waals surface area contributed by atoms with E-state index in [9.17, 15) is 29.4 Å². The quantitative estimate of drug-likeness (QED) is 0.125. The Morgan fingerprint density at radius 2 is 1.68 bits per heavy atom. The van der Waals surface area contributed by atoms with Crippen molar-refractivity contribution in [3.8, 4) is 11.5 Å². The van der Waals surface area contributed by atoms with Gasteiger partial charge in [-0.2, -0.15) is 0 Å². The number of hydrazine groups is 1. The van der Waals surface area contributed by atoms with Crippen LogP contribution in [0.1, 0.15) is 63.6 Å². The Morgan fingerprint density at radius 1 is 0.946 bits per heavy atom. The summed E-state index contributed by atoms with van der Waals surface area (Å²) in [5.41, 5.74) is 5.24. The monoisotopic (exact) mass is 773 g/mol. The minimum Gasteiger partial charge on any atom is -0.465 e. The van der Waals surface area contributed by atoms with Crippen LogP contribution in [0.3, 0.4) is 0 Å². The first-order valence-electron chi connectivity index (χ1n) is 19.1. The van der Waals surface area contributed by atoms with Crippen LogP contribution < -0.4 is 25.5 Å². The van der Waals surface area contributed by atoms with Crippen molar-refractivity contribution in [2.24, 2.45) is 11.3 Å². The molecule has 56 heavy (non-hydrogen) atoms. The number of ether oxygens (including phenoxy) is 2. The molecule has 15 heteroatoms. The van der Waals surface area contributed by atoms with Gasteiger partial charge in [0, 0.05) is 31.9 Å². The molecule has 0 aliphatic carbocycles. The maximum Gasteiger partial charge on any atom is 0.405 e. The topological polar surface area (TPSA) is 186 Å². The number of hydrogen-bond acceptors (Lipinski definition) is 9. The van der Waals surface area contributed by atoms with Crippen LogP contribution >= 0.6 is 0 Å². The molecule has 3 aromatic rings. The Labute approximate surface area is 328 Å². The molecule has 302 valence electrons. The number of urea groups is 1. The number of aryl methyl sites for hydroxylation is 1. The Balaban J connectivity index is 1.40. The lowest BCUT2D eigenvalue weighted by molar-refractivity contribution is -0.132. The lowest BCUT2D eigenvalue weighted by Gasteiger charge is -2.36. The van der Waals surface area contributed by atoms with Crippen LogP contribution in [0.15, 0.2) is 66.7 Å². The fraction of sp³-hybridized carbons (Fsp3) is 0.488. The number of benzene rings is 2. The van der Waals surface area contributed by atoms with E-state index in [1.807, 2.05) is 69.3 Å². The highest BCUT2D eigenvalue weighted by molar-refractivity contribution is 5.88. The number of hydrogen-bond donors (Lipinski definition) is 5. The lowest BCUT2D eigenvalue weighted by atomic mass is 9.86. The normalized spacial score (nSPS) is 16.6. The molecular weight excluding hydrogens is 718 g/mol. The van der Waals surface area contributed by atoms with Gasteiger partial charge in [-0.1, -0.05) is 83.5 Å². The minimum absolute atomic E-state index is 0.0789. The number of amides is 5.